The Balaban J connectivity index is 2.77. The van der Waals surface area contributed by atoms with Gasteiger partial charge in [-0.3, -0.25) is 5.73 Å². The maximum atomic E-state index is 5.18. The minimum Gasteiger partial charge on any atom is -0.479 e. The average Bonchev–Trinajstić information content (AvgIpc) is 2.09. The lowest BCUT2D eigenvalue weighted by Crippen LogP contribution is -2.06. The first-order valence-corrected chi connectivity index (χ1v) is 3.78. The molecular weight excluding hydrogens is 172 g/mol. The van der Waals surface area contributed by atoms with Crippen molar-refractivity contribution in [2.45, 2.75) is 0 Å². The van der Waals surface area contributed by atoms with Crippen molar-refractivity contribution in [1.82, 2.24) is 0 Å². The van der Waals surface area contributed by atoms with Gasteiger partial charge in [0, 0.05) is 0 Å². The molecular formula is C8H8N2OS. The SMILES string of the molecule is NCOc1ccc(N=C=S)cc1. The summed E-state index contributed by atoms with van der Waals surface area (Å²) in [5, 5.41) is 2.28. The fourth-order valence-electron chi connectivity index (χ4n) is 0.766. The van der Waals surface area contributed by atoms with Crippen LogP contribution in [0.1, 0.15) is 0 Å². The summed E-state index contributed by atoms with van der Waals surface area (Å²) in [4.78, 5) is 3.79. The van der Waals surface area contributed by atoms with Crippen LogP contribution >= 0.6 is 12.2 Å². The van der Waals surface area contributed by atoms with Gasteiger partial charge in [-0.2, -0.15) is 4.99 Å². The van der Waals surface area contributed by atoms with Gasteiger partial charge in [-0.25, -0.2) is 0 Å². The fraction of sp³-hybridized carbons (Fsp3) is 0.125. The molecule has 2 N–H and O–H groups in total. The number of nitrogens with zero attached hydrogens (tertiary/aromatic N) is 1. The fourth-order valence-corrected chi connectivity index (χ4v) is 0.871. The van der Waals surface area contributed by atoms with Crippen LogP contribution in [0, 0.1) is 0 Å². The Bertz CT molecular complexity index is 290. The molecule has 0 fully saturated rings. The Hall–Kier alpha value is -1.22. The summed E-state index contributed by atoms with van der Waals surface area (Å²) in [5.74, 6) is 0.723. The topological polar surface area (TPSA) is 47.6 Å². The van der Waals surface area contributed by atoms with Crippen molar-refractivity contribution < 1.29 is 4.74 Å². The summed E-state index contributed by atoms with van der Waals surface area (Å²) in [6.45, 7) is 0.176. The molecule has 0 aliphatic heterocycles. The van der Waals surface area contributed by atoms with Crippen LogP contribution in [0.25, 0.3) is 0 Å². The minimum atomic E-state index is 0.176. The standard InChI is InChI=1S/C8H8N2OS/c9-5-11-8-3-1-7(2-4-8)10-6-12/h1-4H,5,9H2. The third-order valence-electron chi connectivity index (χ3n) is 1.26. The molecule has 4 heteroatoms. The largest absolute Gasteiger partial charge is 0.479 e. The van der Waals surface area contributed by atoms with Gasteiger partial charge in [-0.05, 0) is 36.5 Å². The lowest BCUT2D eigenvalue weighted by atomic mass is 10.3. The van der Waals surface area contributed by atoms with Crippen LogP contribution in [-0.2, 0) is 0 Å². The van der Waals surface area contributed by atoms with Crippen molar-refractivity contribution in [3.05, 3.63) is 24.3 Å². The van der Waals surface area contributed by atoms with Gasteiger partial charge in [0.1, 0.15) is 12.5 Å². The van der Waals surface area contributed by atoms with E-state index in [1.54, 1.807) is 24.3 Å². The zero-order valence-corrected chi connectivity index (χ0v) is 7.17. The summed E-state index contributed by atoms with van der Waals surface area (Å²) < 4.78 is 5.03. The Morgan fingerprint density at radius 3 is 2.58 bits per heavy atom. The van der Waals surface area contributed by atoms with Gasteiger partial charge in [-0.1, -0.05) is 0 Å². The normalized spacial score (nSPS) is 8.75. The van der Waals surface area contributed by atoms with Crippen molar-refractivity contribution in [1.29, 1.82) is 0 Å². The molecule has 0 aliphatic rings. The Morgan fingerprint density at radius 1 is 1.42 bits per heavy atom. The van der Waals surface area contributed by atoms with Crippen LogP contribution in [0.15, 0.2) is 29.3 Å². The van der Waals surface area contributed by atoms with E-state index in [1.807, 2.05) is 0 Å². The summed E-state index contributed by atoms with van der Waals surface area (Å²) >= 11 is 4.45. The van der Waals surface area contributed by atoms with E-state index in [4.69, 9.17) is 10.5 Å². The van der Waals surface area contributed by atoms with E-state index in [2.05, 4.69) is 22.4 Å². The highest BCUT2D eigenvalue weighted by molar-refractivity contribution is 7.78. The summed E-state index contributed by atoms with van der Waals surface area (Å²) in [6, 6.07) is 7.12. The summed E-state index contributed by atoms with van der Waals surface area (Å²) in [5.41, 5.74) is 5.94. The number of nitrogens with two attached hydrogens (primary N) is 1. The van der Waals surface area contributed by atoms with Gasteiger partial charge < -0.3 is 4.74 Å². The molecule has 0 amide bonds. The molecule has 1 rings (SSSR count). The molecule has 3 nitrogen and oxygen atoms in total. The molecule has 12 heavy (non-hydrogen) atoms. The van der Waals surface area contributed by atoms with Crippen LogP contribution < -0.4 is 10.5 Å². The summed E-state index contributed by atoms with van der Waals surface area (Å²) in [7, 11) is 0. The number of rotatable bonds is 3. The molecule has 0 aromatic heterocycles. The molecule has 0 saturated heterocycles. The third-order valence-corrected chi connectivity index (χ3v) is 1.35. The van der Waals surface area contributed by atoms with E-state index in [-0.39, 0.29) is 6.73 Å². The maximum Gasteiger partial charge on any atom is 0.137 e. The number of isothiocyanates is 1. The molecule has 1 aromatic carbocycles. The first kappa shape index (κ1) is 8.87. The van der Waals surface area contributed by atoms with Gasteiger partial charge in [0.2, 0.25) is 0 Å². The minimum absolute atomic E-state index is 0.176. The van der Waals surface area contributed by atoms with E-state index in [0.717, 1.165) is 11.4 Å². The van der Waals surface area contributed by atoms with E-state index < -0.39 is 0 Å². The number of hydrogen-bond donors (Lipinski definition) is 1. The molecule has 0 unspecified atom stereocenters. The van der Waals surface area contributed by atoms with Crippen LogP contribution in [0.2, 0.25) is 0 Å². The molecule has 0 radical (unpaired) electrons. The van der Waals surface area contributed by atoms with Gasteiger partial charge in [0.15, 0.2) is 0 Å². The summed E-state index contributed by atoms with van der Waals surface area (Å²) in [6.07, 6.45) is 0. The highest BCUT2D eigenvalue weighted by Crippen LogP contribution is 2.16. The van der Waals surface area contributed by atoms with E-state index in [9.17, 15) is 0 Å². The zero-order valence-electron chi connectivity index (χ0n) is 6.36. The molecule has 62 valence electrons. The van der Waals surface area contributed by atoms with Crippen molar-refractivity contribution in [2.24, 2.45) is 10.7 Å². The van der Waals surface area contributed by atoms with Crippen LogP contribution in [0.3, 0.4) is 0 Å². The lowest BCUT2D eigenvalue weighted by molar-refractivity contribution is 0.330. The number of ether oxygens (including phenoxy) is 1. The number of aliphatic imine (C=N–C) groups is 1. The smallest absolute Gasteiger partial charge is 0.137 e. The van der Waals surface area contributed by atoms with E-state index >= 15 is 0 Å². The monoisotopic (exact) mass is 180 g/mol. The first-order valence-electron chi connectivity index (χ1n) is 3.37. The second-order valence-electron chi connectivity index (χ2n) is 2.01. The first-order chi connectivity index (χ1) is 5.86. The number of thiocarbonyl (C=S) groups is 1. The average molecular weight is 180 g/mol. The lowest BCUT2D eigenvalue weighted by Gasteiger charge is -2.00. The van der Waals surface area contributed by atoms with Crippen LogP contribution in [-0.4, -0.2) is 11.9 Å². The molecule has 0 bridgehead atoms. The van der Waals surface area contributed by atoms with Crippen molar-refractivity contribution in [3.63, 3.8) is 0 Å². The van der Waals surface area contributed by atoms with E-state index in [0.29, 0.717) is 0 Å². The maximum absolute atomic E-state index is 5.18. The van der Waals surface area contributed by atoms with Crippen LogP contribution in [0.5, 0.6) is 5.75 Å². The van der Waals surface area contributed by atoms with E-state index in [1.165, 1.54) is 0 Å². The predicted octanol–water partition coefficient (Wildman–Crippen LogP) is 1.72. The van der Waals surface area contributed by atoms with Crippen molar-refractivity contribution >= 4 is 23.1 Å². The quantitative estimate of drug-likeness (QED) is 0.437. The molecule has 0 heterocycles. The zero-order chi connectivity index (χ0) is 8.81. The van der Waals surface area contributed by atoms with Gasteiger partial charge >= 0.3 is 0 Å². The number of benzene rings is 1. The molecule has 0 aliphatic carbocycles. The Kier molecular flexibility index (Phi) is 3.41. The van der Waals surface area contributed by atoms with Crippen LogP contribution in [0.4, 0.5) is 5.69 Å². The molecule has 1 aromatic rings. The number of hydrogen-bond acceptors (Lipinski definition) is 4. The van der Waals surface area contributed by atoms with Gasteiger partial charge in [0.25, 0.3) is 0 Å². The van der Waals surface area contributed by atoms with Crippen molar-refractivity contribution in [2.75, 3.05) is 6.73 Å². The van der Waals surface area contributed by atoms with Gasteiger partial charge in [-0.15, -0.1) is 0 Å². The molecule has 0 spiro atoms. The highest BCUT2D eigenvalue weighted by atomic mass is 32.1. The molecule has 0 atom stereocenters. The Morgan fingerprint density at radius 2 is 2.08 bits per heavy atom. The predicted molar refractivity (Wildman–Crippen MR) is 50.8 cm³/mol. The Labute approximate surface area is 75.9 Å². The molecule has 0 saturated carbocycles. The highest BCUT2D eigenvalue weighted by Gasteiger charge is 1.91. The van der Waals surface area contributed by atoms with Gasteiger partial charge in [0.05, 0.1) is 10.8 Å². The van der Waals surface area contributed by atoms with Crippen molar-refractivity contribution in [3.8, 4) is 5.75 Å². The third kappa shape index (κ3) is 2.43. The second kappa shape index (κ2) is 4.62. The second-order valence-corrected chi connectivity index (χ2v) is 2.19.